The normalized spacial score (nSPS) is 15.4. The fourth-order valence-corrected chi connectivity index (χ4v) is 2.44. The van der Waals surface area contributed by atoms with Gasteiger partial charge in [-0.3, -0.25) is 14.9 Å². The van der Waals surface area contributed by atoms with Crippen LogP contribution >= 0.6 is 0 Å². The molecule has 0 atom stereocenters. The third-order valence-electron chi connectivity index (χ3n) is 3.79. The molecule has 25 heavy (non-hydrogen) atoms. The van der Waals surface area contributed by atoms with Crippen LogP contribution < -0.4 is 9.75 Å². The quantitative estimate of drug-likeness (QED) is 0.486. The van der Waals surface area contributed by atoms with Crippen molar-refractivity contribution in [2.75, 3.05) is 12.1 Å². The molecule has 7 heteroatoms. The van der Waals surface area contributed by atoms with Gasteiger partial charge in [-0.2, -0.15) is 10.1 Å². The van der Waals surface area contributed by atoms with Gasteiger partial charge in [-0.25, -0.2) is 0 Å². The Morgan fingerprint density at radius 2 is 1.76 bits per heavy atom. The number of hydrogen-bond acceptors (Lipinski definition) is 5. The fourth-order valence-electron chi connectivity index (χ4n) is 2.44. The van der Waals surface area contributed by atoms with E-state index in [1.807, 2.05) is 24.3 Å². The second-order valence-corrected chi connectivity index (χ2v) is 5.41. The number of rotatable bonds is 4. The molecule has 0 aromatic heterocycles. The maximum atomic E-state index is 12.6. The molecule has 0 N–H and O–H groups in total. The number of hydrazone groups is 1. The van der Waals surface area contributed by atoms with Crippen LogP contribution in [0.25, 0.3) is 6.08 Å². The van der Waals surface area contributed by atoms with Crippen LogP contribution in [0.2, 0.25) is 0 Å². The van der Waals surface area contributed by atoms with E-state index in [2.05, 4.69) is 5.10 Å². The minimum Gasteiger partial charge on any atom is -0.497 e. The van der Waals surface area contributed by atoms with E-state index in [0.717, 1.165) is 11.3 Å². The van der Waals surface area contributed by atoms with E-state index in [9.17, 15) is 14.9 Å². The molecular weight excluding hydrogens is 322 g/mol. The molecule has 7 nitrogen and oxygen atoms in total. The molecule has 0 saturated carbocycles. The third-order valence-corrected chi connectivity index (χ3v) is 3.79. The van der Waals surface area contributed by atoms with Gasteiger partial charge in [0, 0.05) is 12.1 Å². The zero-order valence-corrected chi connectivity index (χ0v) is 13.7. The number of carbonyl (C=O) groups is 1. The molecule has 0 aliphatic carbocycles. The summed E-state index contributed by atoms with van der Waals surface area (Å²) < 4.78 is 5.12. The summed E-state index contributed by atoms with van der Waals surface area (Å²) >= 11 is 0. The Bertz CT molecular complexity index is 884. The summed E-state index contributed by atoms with van der Waals surface area (Å²) in [5.74, 6) is 0.458. The number of nitro groups is 1. The molecule has 0 fully saturated rings. The first-order valence-corrected chi connectivity index (χ1v) is 7.50. The molecular formula is C18H15N3O4. The maximum Gasteiger partial charge on any atom is 0.280 e. The summed E-state index contributed by atoms with van der Waals surface area (Å²) in [4.78, 5) is 22.9. The van der Waals surface area contributed by atoms with Crippen LogP contribution in [0, 0.1) is 10.1 Å². The Balaban J connectivity index is 1.87. The van der Waals surface area contributed by atoms with Crippen molar-refractivity contribution in [1.82, 2.24) is 0 Å². The number of benzene rings is 2. The van der Waals surface area contributed by atoms with Crippen LogP contribution in [-0.2, 0) is 4.79 Å². The van der Waals surface area contributed by atoms with Crippen molar-refractivity contribution in [3.8, 4) is 5.75 Å². The van der Waals surface area contributed by atoms with E-state index >= 15 is 0 Å². The number of ether oxygens (including phenoxy) is 1. The lowest BCUT2D eigenvalue weighted by Crippen LogP contribution is -2.21. The zero-order valence-electron chi connectivity index (χ0n) is 13.7. The highest BCUT2D eigenvalue weighted by Gasteiger charge is 2.28. The molecule has 0 unspecified atom stereocenters. The van der Waals surface area contributed by atoms with Gasteiger partial charge in [-0.15, -0.1) is 0 Å². The van der Waals surface area contributed by atoms with Crippen LogP contribution in [0.15, 0.2) is 59.2 Å². The Morgan fingerprint density at radius 3 is 2.32 bits per heavy atom. The van der Waals surface area contributed by atoms with Gasteiger partial charge in [0.05, 0.1) is 29.0 Å². The van der Waals surface area contributed by atoms with Gasteiger partial charge in [0.2, 0.25) is 0 Å². The van der Waals surface area contributed by atoms with E-state index in [-0.39, 0.29) is 11.6 Å². The number of amides is 1. The predicted molar refractivity (Wildman–Crippen MR) is 94.7 cm³/mol. The van der Waals surface area contributed by atoms with E-state index in [1.54, 1.807) is 20.1 Å². The van der Waals surface area contributed by atoms with Crippen molar-refractivity contribution in [2.45, 2.75) is 6.92 Å². The molecule has 1 heterocycles. The smallest absolute Gasteiger partial charge is 0.280 e. The second-order valence-electron chi connectivity index (χ2n) is 5.41. The Kier molecular flexibility index (Phi) is 4.30. The van der Waals surface area contributed by atoms with E-state index < -0.39 is 4.92 Å². The molecule has 3 rings (SSSR count). The molecule has 2 aromatic carbocycles. The molecule has 1 aliphatic rings. The second kappa shape index (κ2) is 6.56. The minimum absolute atomic E-state index is 0.0369. The number of methoxy groups -OCH3 is 1. The van der Waals surface area contributed by atoms with Gasteiger partial charge in [-0.05, 0) is 42.8 Å². The predicted octanol–water partition coefficient (Wildman–Crippen LogP) is 3.41. The van der Waals surface area contributed by atoms with Crippen molar-refractivity contribution in [2.24, 2.45) is 5.10 Å². The highest BCUT2D eigenvalue weighted by atomic mass is 16.6. The Hall–Kier alpha value is -3.48. The summed E-state index contributed by atoms with van der Waals surface area (Å²) in [6.07, 6.45) is 1.76. The number of non-ortho nitro benzene ring substituents is 1. The van der Waals surface area contributed by atoms with E-state index in [4.69, 9.17) is 4.74 Å². The number of nitro benzene ring substituents is 1. The molecule has 0 saturated heterocycles. The van der Waals surface area contributed by atoms with Crippen molar-refractivity contribution >= 4 is 29.1 Å². The highest BCUT2D eigenvalue weighted by molar-refractivity contribution is 6.32. The SMILES string of the molecule is COc1ccc(/C=C2\C(=O)N(c3ccc([N+](=O)[O-])cc3)N=C2C)cc1. The number of nitrogens with zero attached hydrogens (tertiary/aromatic N) is 3. The first-order chi connectivity index (χ1) is 12.0. The van der Waals surface area contributed by atoms with Crippen LogP contribution in [0.4, 0.5) is 11.4 Å². The summed E-state index contributed by atoms with van der Waals surface area (Å²) in [5.41, 5.74) is 2.35. The minimum atomic E-state index is -0.487. The van der Waals surface area contributed by atoms with Gasteiger partial charge in [0.15, 0.2) is 0 Å². The average Bonchev–Trinajstić information content (AvgIpc) is 2.90. The monoisotopic (exact) mass is 337 g/mol. The lowest BCUT2D eigenvalue weighted by atomic mass is 10.1. The van der Waals surface area contributed by atoms with Gasteiger partial charge in [-0.1, -0.05) is 12.1 Å². The Labute approximate surface area is 144 Å². The van der Waals surface area contributed by atoms with Gasteiger partial charge < -0.3 is 4.74 Å². The van der Waals surface area contributed by atoms with Gasteiger partial charge in [0.25, 0.3) is 11.6 Å². The fraction of sp³-hybridized carbons (Fsp3) is 0.111. The summed E-state index contributed by atoms with van der Waals surface area (Å²) in [5, 5.41) is 16.2. The lowest BCUT2D eigenvalue weighted by molar-refractivity contribution is -0.384. The number of anilines is 1. The summed E-state index contributed by atoms with van der Waals surface area (Å²) in [6.45, 7) is 1.75. The topological polar surface area (TPSA) is 85.0 Å². The number of carbonyl (C=O) groups excluding carboxylic acids is 1. The third kappa shape index (κ3) is 3.25. The van der Waals surface area contributed by atoms with Crippen LogP contribution in [0.5, 0.6) is 5.75 Å². The largest absolute Gasteiger partial charge is 0.497 e. The molecule has 0 bridgehead atoms. The van der Waals surface area contributed by atoms with Gasteiger partial charge >= 0.3 is 0 Å². The van der Waals surface area contributed by atoms with Crippen molar-refractivity contribution in [3.63, 3.8) is 0 Å². The van der Waals surface area contributed by atoms with Crippen molar-refractivity contribution in [1.29, 1.82) is 0 Å². The van der Waals surface area contributed by atoms with Crippen LogP contribution in [-0.4, -0.2) is 23.7 Å². The zero-order chi connectivity index (χ0) is 18.0. The molecule has 1 aliphatic heterocycles. The first kappa shape index (κ1) is 16.4. The van der Waals surface area contributed by atoms with Crippen molar-refractivity contribution in [3.05, 3.63) is 69.8 Å². The molecule has 126 valence electrons. The molecule has 1 amide bonds. The molecule has 2 aromatic rings. The number of hydrogen-bond donors (Lipinski definition) is 0. The average molecular weight is 337 g/mol. The summed E-state index contributed by atoms with van der Waals surface area (Å²) in [7, 11) is 1.59. The van der Waals surface area contributed by atoms with E-state index in [1.165, 1.54) is 29.3 Å². The molecule has 0 spiro atoms. The van der Waals surface area contributed by atoms with Gasteiger partial charge in [0.1, 0.15) is 5.75 Å². The Morgan fingerprint density at radius 1 is 1.12 bits per heavy atom. The van der Waals surface area contributed by atoms with Crippen molar-refractivity contribution < 1.29 is 14.5 Å². The highest BCUT2D eigenvalue weighted by Crippen LogP contribution is 2.27. The lowest BCUT2D eigenvalue weighted by Gasteiger charge is -2.11. The van der Waals surface area contributed by atoms with E-state index in [0.29, 0.717) is 17.0 Å². The van der Waals surface area contributed by atoms with Crippen LogP contribution in [0.1, 0.15) is 12.5 Å². The van der Waals surface area contributed by atoms with Crippen LogP contribution in [0.3, 0.4) is 0 Å². The standard InChI is InChI=1S/C18H15N3O4/c1-12-17(11-13-3-9-16(25-2)10-4-13)18(22)20(19-12)14-5-7-15(8-6-14)21(23)24/h3-11H,1-2H3/b17-11-. The first-order valence-electron chi connectivity index (χ1n) is 7.50. The summed E-state index contributed by atoms with van der Waals surface area (Å²) in [6, 6.07) is 13.0. The maximum absolute atomic E-state index is 12.6. The molecule has 0 radical (unpaired) electrons.